The summed E-state index contributed by atoms with van der Waals surface area (Å²) >= 11 is 0. The summed E-state index contributed by atoms with van der Waals surface area (Å²) in [6, 6.07) is 1.64. The second-order valence-electron chi connectivity index (χ2n) is 5.46. The zero-order chi connectivity index (χ0) is 12.8. The van der Waals surface area contributed by atoms with Crippen LogP contribution in [-0.4, -0.2) is 28.4 Å². The summed E-state index contributed by atoms with van der Waals surface area (Å²) < 4.78 is 11.7. The first-order valence-electron chi connectivity index (χ1n) is 5.74. The van der Waals surface area contributed by atoms with Crippen molar-refractivity contribution in [2.24, 2.45) is 0 Å². The Labute approximate surface area is 102 Å². The monoisotopic (exact) mass is 235 g/mol. The number of aromatic nitrogens is 1. The van der Waals surface area contributed by atoms with Crippen molar-refractivity contribution in [3.63, 3.8) is 0 Å². The van der Waals surface area contributed by atoms with Crippen LogP contribution in [0.25, 0.3) is 0 Å². The lowest BCUT2D eigenvalue weighted by atomic mass is 9.80. The second-order valence-corrected chi connectivity index (χ2v) is 5.46. The molecule has 1 aliphatic rings. The zero-order valence-corrected chi connectivity index (χ0v) is 10.9. The van der Waals surface area contributed by atoms with Gasteiger partial charge in [-0.2, -0.15) is 0 Å². The number of pyridine rings is 1. The molecule has 0 spiro atoms. The summed E-state index contributed by atoms with van der Waals surface area (Å²) in [6.07, 6.45) is 1.68. The molecule has 0 bridgehead atoms. The highest BCUT2D eigenvalue weighted by Gasteiger charge is 2.51. The fourth-order valence-corrected chi connectivity index (χ4v) is 1.65. The van der Waals surface area contributed by atoms with E-state index in [4.69, 9.17) is 9.31 Å². The van der Waals surface area contributed by atoms with Gasteiger partial charge in [0.1, 0.15) is 5.75 Å². The first-order valence-corrected chi connectivity index (χ1v) is 5.74. The maximum Gasteiger partial charge on any atom is 0.496 e. The molecule has 0 aliphatic carbocycles. The third kappa shape index (κ3) is 2.05. The molecule has 2 heterocycles. The summed E-state index contributed by atoms with van der Waals surface area (Å²) in [4.78, 5) is 4.11. The van der Waals surface area contributed by atoms with E-state index >= 15 is 0 Å². The molecule has 2 rings (SSSR count). The third-order valence-electron chi connectivity index (χ3n) is 3.61. The van der Waals surface area contributed by atoms with Crippen LogP contribution in [0.1, 0.15) is 33.4 Å². The molecule has 0 atom stereocenters. The molecule has 1 aliphatic heterocycles. The van der Waals surface area contributed by atoms with E-state index in [0.29, 0.717) is 5.69 Å². The Hall–Kier alpha value is -1.07. The molecule has 1 aromatic rings. The van der Waals surface area contributed by atoms with Gasteiger partial charge in [0.25, 0.3) is 0 Å². The summed E-state index contributed by atoms with van der Waals surface area (Å²) in [5.74, 6) is 0.164. The molecule has 0 radical (unpaired) electrons. The van der Waals surface area contributed by atoms with Gasteiger partial charge >= 0.3 is 7.12 Å². The van der Waals surface area contributed by atoms with E-state index in [9.17, 15) is 5.11 Å². The van der Waals surface area contributed by atoms with Crippen LogP contribution in [-0.2, 0) is 9.31 Å². The van der Waals surface area contributed by atoms with Gasteiger partial charge in [0.15, 0.2) is 0 Å². The van der Waals surface area contributed by atoms with Crippen molar-refractivity contribution >= 4 is 12.6 Å². The number of aryl methyl sites for hydroxylation is 1. The lowest BCUT2D eigenvalue weighted by Crippen LogP contribution is -2.41. The number of hydrogen-bond acceptors (Lipinski definition) is 4. The normalized spacial score (nSPS) is 21.8. The smallest absolute Gasteiger partial charge is 0.496 e. The van der Waals surface area contributed by atoms with E-state index < -0.39 is 7.12 Å². The molecule has 0 aromatic carbocycles. The lowest BCUT2D eigenvalue weighted by molar-refractivity contribution is 0.00578. The molecule has 0 unspecified atom stereocenters. The Morgan fingerprint density at radius 3 is 2.18 bits per heavy atom. The molecule has 92 valence electrons. The van der Waals surface area contributed by atoms with Gasteiger partial charge in [0.2, 0.25) is 0 Å². The van der Waals surface area contributed by atoms with E-state index in [1.165, 1.54) is 0 Å². The first kappa shape index (κ1) is 12.4. The topological polar surface area (TPSA) is 51.6 Å². The zero-order valence-electron chi connectivity index (χ0n) is 10.9. The molecule has 1 saturated heterocycles. The number of aromatic hydroxyl groups is 1. The SMILES string of the molecule is Cc1ncc(B2OC(C)(C)C(C)(C)O2)cc1O. The van der Waals surface area contributed by atoms with Crippen molar-refractivity contribution in [1.29, 1.82) is 0 Å². The minimum atomic E-state index is -0.473. The van der Waals surface area contributed by atoms with Gasteiger partial charge in [-0.15, -0.1) is 0 Å². The van der Waals surface area contributed by atoms with Crippen LogP contribution in [0.5, 0.6) is 5.75 Å². The van der Waals surface area contributed by atoms with Gasteiger partial charge in [-0.1, -0.05) is 0 Å². The van der Waals surface area contributed by atoms with E-state index in [0.717, 1.165) is 5.46 Å². The lowest BCUT2D eigenvalue weighted by Gasteiger charge is -2.32. The van der Waals surface area contributed by atoms with Gasteiger partial charge in [0, 0.05) is 11.7 Å². The van der Waals surface area contributed by atoms with Crippen LogP contribution in [0.15, 0.2) is 12.3 Å². The van der Waals surface area contributed by atoms with Crippen molar-refractivity contribution in [2.75, 3.05) is 0 Å². The molecule has 5 heteroatoms. The molecule has 17 heavy (non-hydrogen) atoms. The maximum absolute atomic E-state index is 9.65. The highest BCUT2D eigenvalue weighted by Crippen LogP contribution is 2.36. The van der Waals surface area contributed by atoms with E-state index in [2.05, 4.69) is 4.98 Å². The van der Waals surface area contributed by atoms with Crippen LogP contribution in [0.4, 0.5) is 0 Å². The van der Waals surface area contributed by atoms with Crippen molar-refractivity contribution < 1.29 is 14.4 Å². The molecular weight excluding hydrogens is 217 g/mol. The van der Waals surface area contributed by atoms with Crippen LogP contribution in [0.3, 0.4) is 0 Å². The highest BCUT2D eigenvalue weighted by molar-refractivity contribution is 6.62. The van der Waals surface area contributed by atoms with Gasteiger partial charge in [-0.05, 0) is 40.7 Å². The van der Waals surface area contributed by atoms with E-state index in [1.807, 2.05) is 27.7 Å². The van der Waals surface area contributed by atoms with Crippen molar-refractivity contribution in [3.8, 4) is 5.75 Å². The van der Waals surface area contributed by atoms with Crippen LogP contribution in [0, 0.1) is 6.92 Å². The number of hydrogen-bond donors (Lipinski definition) is 1. The molecule has 4 nitrogen and oxygen atoms in total. The average molecular weight is 235 g/mol. The maximum atomic E-state index is 9.65. The number of rotatable bonds is 1. The van der Waals surface area contributed by atoms with Crippen molar-refractivity contribution in [2.45, 2.75) is 45.8 Å². The Balaban J connectivity index is 2.29. The molecule has 1 N–H and O–H groups in total. The summed E-state index contributed by atoms with van der Waals surface area (Å²) in [7, 11) is -0.473. The second kappa shape index (κ2) is 3.72. The van der Waals surface area contributed by atoms with Gasteiger partial charge in [-0.25, -0.2) is 0 Å². The third-order valence-corrected chi connectivity index (χ3v) is 3.61. The van der Waals surface area contributed by atoms with Gasteiger partial charge in [-0.3, -0.25) is 4.98 Å². The predicted molar refractivity (Wildman–Crippen MR) is 66.4 cm³/mol. The fraction of sp³-hybridized carbons (Fsp3) is 0.583. The number of nitrogens with zero attached hydrogens (tertiary/aromatic N) is 1. The summed E-state index contributed by atoms with van der Waals surface area (Å²) in [6.45, 7) is 9.73. The fourth-order valence-electron chi connectivity index (χ4n) is 1.65. The van der Waals surface area contributed by atoms with Crippen LogP contribution >= 0.6 is 0 Å². The standard InChI is InChI=1S/C12H18BNO3/c1-8-10(15)6-9(7-14-8)13-16-11(2,3)12(4,5)17-13/h6-7,15H,1-5H3. The Kier molecular flexibility index (Phi) is 2.71. The van der Waals surface area contributed by atoms with Crippen LogP contribution in [0.2, 0.25) is 0 Å². The minimum absolute atomic E-state index is 0.164. The highest BCUT2D eigenvalue weighted by atomic mass is 16.7. The van der Waals surface area contributed by atoms with E-state index in [1.54, 1.807) is 19.2 Å². The first-order chi connectivity index (χ1) is 7.73. The Bertz CT molecular complexity index is 429. The van der Waals surface area contributed by atoms with Gasteiger partial charge < -0.3 is 14.4 Å². The molecule has 1 aromatic heterocycles. The molecule has 0 amide bonds. The van der Waals surface area contributed by atoms with Crippen molar-refractivity contribution in [3.05, 3.63) is 18.0 Å². The molecule has 1 fully saturated rings. The minimum Gasteiger partial charge on any atom is -0.506 e. The largest absolute Gasteiger partial charge is 0.506 e. The molecular formula is C12H18BNO3. The van der Waals surface area contributed by atoms with Crippen LogP contribution < -0.4 is 5.46 Å². The average Bonchev–Trinajstić information content (AvgIpc) is 2.41. The molecule has 0 saturated carbocycles. The van der Waals surface area contributed by atoms with Crippen molar-refractivity contribution in [1.82, 2.24) is 4.98 Å². The Morgan fingerprint density at radius 1 is 1.18 bits per heavy atom. The summed E-state index contributed by atoms with van der Waals surface area (Å²) in [5, 5.41) is 9.65. The Morgan fingerprint density at radius 2 is 1.71 bits per heavy atom. The summed E-state index contributed by atoms with van der Waals surface area (Å²) in [5.41, 5.74) is 0.591. The van der Waals surface area contributed by atoms with E-state index in [-0.39, 0.29) is 17.0 Å². The quantitative estimate of drug-likeness (QED) is 0.747. The predicted octanol–water partition coefficient (Wildman–Crippen LogP) is 1.39. The van der Waals surface area contributed by atoms with Gasteiger partial charge in [0.05, 0.1) is 16.9 Å².